The average Bonchev–Trinajstić information content (AvgIpc) is 2.57. The monoisotopic (exact) mass is 484 g/mol. The first-order valence-electron chi connectivity index (χ1n) is 7.69. The molecule has 0 aliphatic rings. The summed E-state index contributed by atoms with van der Waals surface area (Å²) in [5.41, 5.74) is 4.53. The second kappa shape index (κ2) is 8.39. The van der Waals surface area contributed by atoms with Gasteiger partial charge in [0.15, 0.2) is 0 Å². The van der Waals surface area contributed by atoms with Crippen molar-refractivity contribution in [3.8, 4) is 0 Å². The number of aromatic nitrogens is 1. The number of hydrogen-bond acceptors (Lipinski definition) is 1. The maximum Gasteiger partial charge on any atom is 0.212 e. The summed E-state index contributed by atoms with van der Waals surface area (Å²) in [5, 5.41) is 2.36. The van der Waals surface area contributed by atoms with Crippen molar-refractivity contribution in [3.05, 3.63) is 69.8 Å². The predicted molar refractivity (Wildman–Crippen MR) is 105 cm³/mol. The van der Waals surface area contributed by atoms with Gasteiger partial charge in [-0.2, -0.15) is 4.57 Å². The third-order valence-electron chi connectivity index (χ3n) is 4.10. The Hall–Kier alpha value is -1.30. The van der Waals surface area contributed by atoms with E-state index < -0.39 is 0 Å². The van der Waals surface area contributed by atoms with Gasteiger partial charge in [-0.25, -0.2) is 0 Å². The van der Waals surface area contributed by atoms with Crippen LogP contribution >= 0.6 is 23.2 Å². The van der Waals surface area contributed by atoms with E-state index in [1.807, 2.05) is 24.3 Å². The van der Waals surface area contributed by atoms with E-state index in [0.29, 0.717) is 10.0 Å². The molecule has 0 bridgehead atoms. The Morgan fingerprint density at radius 3 is 2.32 bits per heavy atom. The van der Waals surface area contributed by atoms with E-state index in [2.05, 4.69) is 67.0 Å². The van der Waals surface area contributed by atoms with E-state index in [4.69, 9.17) is 23.2 Å². The van der Waals surface area contributed by atoms with Crippen molar-refractivity contribution in [1.29, 1.82) is 0 Å². The van der Waals surface area contributed by atoms with Crippen LogP contribution in [-0.4, -0.2) is 14.1 Å². The molecule has 1 aromatic heterocycles. The molecular weight excluding hydrogens is 466 g/mol. The Labute approximate surface area is 175 Å². The molecule has 0 aliphatic carbocycles. The Balaban J connectivity index is 0.00000225. The van der Waals surface area contributed by atoms with E-state index >= 15 is 0 Å². The Morgan fingerprint density at radius 2 is 1.64 bits per heavy atom. The zero-order valence-electron chi connectivity index (χ0n) is 14.3. The Kier molecular flexibility index (Phi) is 6.72. The second-order valence-electron chi connectivity index (χ2n) is 5.96. The number of rotatable bonds is 3. The minimum atomic E-state index is 0. The maximum absolute atomic E-state index is 6.07. The molecule has 3 rings (SSSR count). The summed E-state index contributed by atoms with van der Waals surface area (Å²) in [4.78, 5) is 2.11. The normalized spacial score (nSPS) is 10.9. The van der Waals surface area contributed by atoms with Crippen molar-refractivity contribution in [2.45, 2.75) is 0 Å². The molecule has 0 saturated heterocycles. The standard InChI is InChI=1S/C20H19Cl2N2.HI/c1-23(2)17-9-11-20-15(13-17)6-8-16(24(20)3)7-4-14-5-10-18(21)19(22)12-14;/h4-13H,1-3H3;1H/q+1;/p-1/b7-4+;. The highest BCUT2D eigenvalue weighted by Crippen LogP contribution is 2.24. The molecule has 0 radical (unpaired) electrons. The fraction of sp³-hybridized carbons (Fsp3) is 0.150. The van der Waals surface area contributed by atoms with Crippen LogP contribution in [0.3, 0.4) is 0 Å². The van der Waals surface area contributed by atoms with Gasteiger partial charge in [-0.1, -0.05) is 29.3 Å². The van der Waals surface area contributed by atoms with Crippen molar-refractivity contribution in [1.82, 2.24) is 0 Å². The number of aryl methyl sites for hydroxylation is 1. The van der Waals surface area contributed by atoms with Gasteiger partial charge < -0.3 is 28.9 Å². The van der Waals surface area contributed by atoms with Crippen LogP contribution in [0.15, 0.2) is 48.5 Å². The molecule has 1 heterocycles. The van der Waals surface area contributed by atoms with Gasteiger partial charge in [-0.05, 0) is 42.0 Å². The number of nitrogens with zero attached hydrogens (tertiary/aromatic N) is 2. The molecule has 0 unspecified atom stereocenters. The molecule has 0 aliphatic heterocycles. The van der Waals surface area contributed by atoms with Crippen LogP contribution in [0, 0.1) is 0 Å². The summed E-state index contributed by atoms with van der Waals surface area (Å²) in [5.74, 6) is 0. The van der Waals surface area contributed by atoms with Gasteiger partial charge in [-0.15, -0.1) is 0 Å². The van der Waals surface area contributed by atoms with E-state index in [-0.39, 0.29) is 24.0 Å². The fourth-order valence-electron chi connectivity index (χ4n) is 2.65. The molecule has 5 heteroatoms. The number of fused-ring (bicyclic) bond motifs is 1. The van der Waals surface area contributed by atoms with Crippen LogP contribution in [0.1, 0.15) is 11.3 Å². The van der Waals surface area contributed by atoms with Gasteiger partial charge >= 0.3 is 0 Å². The SMILES string of the molecule is CN(C)c1ccc2c(ccc(/C=C/c3ccc(Cl)c(Cl)c3)[n+]2C)c1.[I-]. The smallest absolute Gasteiger partial charge is 0.212 e. The van der Waals surface area contributed by atoms with Crippen molar-refractivity contribution in [2.75, 3.05) is 19.0 Å². The predicted octanol–water partition coefficient (Wildman–Crippen LogP) is 2.21. The van der Waals surface area contributed by atoms with Gasteiger partial charge in [0.05, 0.1) is 10.0 Å². The quantitative estimate of drug-likeness (QED) is 0.408. The third kappa shape index (κ3) is 4.46. The van der Waals surface area contributed by atoms with E-state index in [9.17, 15) is 0 Å². The van der Waals surface area contributed by atoms with Crippen LogP contribution in [-0.2, 0) is 7.05 Å². The number of pyridine rings is 1. The van der Waals surface area contributed by atoms with Gasteiger partial charge in [0.2, 0.25) is 11.2 Å². The summed E-state index contributed by atoms with van der Waals surface area (Å²) >= 11 is 12.0. The number of benzene rings is 2. The van der Waals surface area contributed by atoms with Crippen molar-refractivity contribution >= 4 is 51.9 Å². The van der Waals surface area contributed by atoms with Gasteiger partial charge in [0.1, 0.15) is 7.05 Å². The van der Waals surface area contributed by atoms with Crippen LogP contribution in [0.4, 0.5) is 5.69 Å². The fourth-order valence-corrected chi connectivity index (χ4v) is 2.96. The molecule has 25 heavy (non-hydrogen) atoms. The first-order chi connectivity index (χ1) is 11.5. The lowest BCUT2D eigenvalue weighted by Crippen LogP contribution is -3.00. The molecule has 0 spiro atoms. The van der Waals surface area contributed by atoms with Crippen LogP contribution < -0.4 is 33.4 Å². The lowest BCUT2D eigenvalue weighted by molar-refractivity contribution is -0.646. The van der Waals surface area contributed by atoms with Crippen LogP contribution in [0.5, 0.6) is 0 Å². The number of hydrogen-bond donors (Lipinski definition) is 0. The summed E-state index contributed by atoms with van der Waals surface area (Å²) in [6.45, 7) is 0. The Morgan fingerprint density at radius 1 is 0.880 bits per heavy atom. The van der Waals surface area contributed by atoms with Gasteiger partial charge in [0, 0.05) is 43.4 Å². The molecule has 0 atom stereocenters. The molecule has 2 aromatic carbocycles. The van der Waals surface area contributed by atoms with Gasteiger partial charge in [0.25, 0.3) is 0 Å². The van der Waals surface area contributed by atoms with E-state index in [0.717, 1.165) is 11.3 Å². The molecule has 3 aromatic rings. The second-order valence-corrected chi connectivity index (χ2v) is 6.78. The molecule has 0 amide bonds. The Bertz CT molecular complexity index is 936. The van der Waals surface area contributed by atoms with E-state index in [1.54, 1.807) is 0 Å². The molecule has 0 N–H and O–H groups in total. The summed E-state index contributed by atoms with van der Waals surface area (Å²) in [7, 11) is 6.18. The summed E-state index contributed by atoms with van der Waals surface area (Å²) in [6.07, 6.45) is 4.12. The zero-order chi connectivity index (χ0) is 17.3. The van der Waals surface area contributed by atoms with Crippen molar-refractivity contribution in [2.24, 2.45) is 7.05 Å². The highest BCUT2D eigenvalue weighted by Gasteiger charge is 2.10. The molecule has 0 fully saturated rings. The number of anilines is 1. The summed E-state index contributed by atoms with van der Waals surface area (Å²) < 4.78 is 2.18. The minimum Gasteiger partial charge on any atom is -1.00 e. The van der Waals surface area contributed by atoms with Gasteiger partial charge in [-0.3, -0.25) is 0 Å². The third-order valence-corrected chi connectivity index (χ3v) is 4.84. The maximum atomic E-state index is 6.07. The first-order valence-corrected chi connectivity index (χ1v) is 8.44. The van der Waals surface area contributed by atoms with Crippen molar-refractivity contribution < 1.29 is 28.5 Å². The largest absolute Gasteiger partial charge is 1.00 e. The minimum absolute atomic E-state index is 0. The summed E-state index contributed by atoms with van der Waals surface area (Å²) in [6, 6.07) is 16.4. The molecule has 2 nitrogen and oxygen atoms in total. The van der Waals surface area contributed by atoms with Crippen LogP contribution in [0.25, 0.3) is 23.1 Å². The average molecular weight is 485 g/mol. The first kappa shape index (κ1) is 20.0. The highest BCUT2D eigenvalue weighted by molar-refractivity contribution is 6.42. The number of halogens is 3. The van der Waals surface area contributed by atoms with E-state index in [1.165, 1.54) is 16.6 Å². The van der Waals surface area contributed by atoms with Crippen molar-refractivity contribution in [3.63, 3.8) is 0 Å². The molecule has 0 saturated carbocycles. The lowest BCUT2D eigenvalue weighted by atomic mass is 10.1. The molecule has 130 valence electrons. The zero-order valence-corrected chi connectivity index (χ0v) is 18.0. The highest BCUT2D eigenvalue weighted by atomic mass is 127. The molecular formula is C20H19Cl2IN2. The topological polar surface area (TPSA) is 7.12 Å². The lowest BCUT2D eigenvalue weighted by Gasteiger charge is -2.12. The van der Waals surface area contributed by atoms with Crippen LogP contribution in [0.2, 0.25) is 10.0 Å².